The zero-order valence-corrected chi connectivity index (χ0v) is 16.5. The standard InChI is InChI=1S/C18H28ClN3O.ClH/c1-13(2)22(14(3)4)18(23)12-21-10-9-20-11-17(21)15-7-5-6-8-16(15)19;/h5-8,13-14,17,20H,9-12H2,1-4H3;1H. The van der Waals surface area contributed by atoms with Gasteiger partial charge >= 0.3 is 0 Å². The maximum absolute atomic E-state index is 12.8. The molecule has 0 aliphatic carbocycles. The highest BCUT2D eigenvalue weighted by Gasteiger charge is 2.29. The second-order valence-electron chi connectivity index (χ2n) is 6.70. The zero-order chi connectivity index (χ0) is 17.0. The van der Waals surface area contributed by atoms with Crippen LogP contribution >= 0.6 is 24.0 Å². The lowest BCUT2D eigenvalue weighted by Gasteiger charge is -2.39. The number of hydrogen-bond donors (Lipinski definition) is 1. The Morgan fingerprint density at radius 2 is 1.92 bits per heavy atom. The second-order valence-corrected chi connectivity index (χ2v) is 7.11. The Balaban J connectivity index is 0.00000288. The van der Waals surface area contributed by atoms with Crippen molar-refractivity contribution in [3.8, 4) is 0 Å². The van der Waals surface area contributed by atoms with Crippen molar-refractivity contribution in [2.24, 2.45) is 0 Å². The molecule has 0 bridgehead atoms. The summed E-state index contributed by atoms with van der Waals surface area (Å²) in [6.07, 6.45) is 0. The Bertz CT molecular complexity index is 529. The Morgan fingerprint density at radius 1 is 1.29 bits per heavy atom. The van der Waals surface area contributed by atoms with Crippen LogP contribution in [0.25, 0.3) is 0 Å². The van der Waals surface area contributed by atoms with E-state index in [2.05, 4.69) is 44.0 Å². The molecule has 1 atom stereocenters. The van der Waals surface area contributed by atoms with Crippen molar-refractivity contribution in [3.63, 3.8) is 0 Å². The number of rotatable bonds is 5. The van der Waals surface area contributed by atoms with Crippen molar-refractivity contribution in [2.75, 3.05) is 26.2 Å². The summed E-state index contributed by atoms with van der Waals surface area (Å²) in [6.45, 7) is 11.3. The smallest absolute Gasteiger partial charge is 0.237 e. The van der Waals surface area contributed by atoms with Crippen LogP contribution in [0.5, 0.6) is 0 Å². The molecular weight excluding hydrogens is 345 g/mol. The van der Waals surface area contributed by atoms with E-state index in [1.807, 2.05) is 23.1 Å². The molecule has 1 aromatic carbocycles. The predicted molar refractivity (Wildman–Crippen MR) is 103 cm³/mol. The van der Waals surface area contributed by atoms with Crippen LogP contribution in [0.2, 0.25) is 5.02 Å². The Labute approximate surface area is 156 Å². The largest absolute Gasteiger partial charge is 0.337 e. The Hall–Kier alpha value is -0.810. The van der Waals surface area contributed by atoms with Crippen molar-refractivity contribution >= 4 is 29.9 Å². The summed E-state index contributed by atoms with van der Waals surface area (Å²) in [5.74, 6) is 0.189. The molecule has 1 heterocycles. The molecule has 1 fully saturated rings. The first-order valence-electron chi connectivity index (χ1n) is 8.42. The summed E-state index contributed by atoms with van der Waals surface area (Å²) >= 11 is 6.37. The average Bonchev–Trinajstić information content (AvgIpc) is 2.47. The van der Waals surface area contributed by atoms with Crippen molar-refractivity contribution in [1.82, 2.24) is 15.1 Å². The minimum absolute atomic E-state index is 0. The molecule has 0 saturated carbocycles. The number of carbonyl (C=O) groups excluding carboxylic acids is 1. The number of benzene rings is 1. The van der Waals surface area contributed by atoms with Crippen molar-refractivity contribution in [1.29, 1.82) is 0 Å². The Morgan fingerprint density at radius 3 is 2.50 bits per heavy atom. The SMILES string of the molecule is CC(C)N(C(=O)CN1CCNCC1c1ccccc1Cl)C(C)C.Cl. The molecule has 136 valence electrons. The third-order valence-electron chi connectivity index (χ3n) is 4.36. The quantitative estimate of drug-likeness (QED) is 0.859. The van der Waals surface area contributed by atoms with Gasteiger partial charge in [-0.15, -0.1) is 12.4 Å². The van der Waals surface area contributed by atoms with Crippen LogP contribution in [0.3, 0.4) is 0 Å². The first-order valence-corrected chi connectivity index (χ1v) is 8.80. The summed E-state index contributed by atoms with van der Waals surface area (Å²) in [6, 6.07) is 8.48. The van der Waals surface area contributed by atoms with Crippen LogP contribution < -0.4 is 5.32 Å². The fraction of sp³-hybridized carbons (Fsp3) is 0.611. The topological polar surface area (TPSA) is 35.6 Å². The lowest BCUT2D eigenvalue weighted by molar-refractivity contribution is -0.136. The summed E-state index contributed by atoms with van der Waals surface area (Å²) < 4.78 is 0. The highest BCUT2D eigenvalue weighted by atomic mass is 35.5. The molecule has 0 radical (unpaired) electrons. The number of halogens is 2. The zero-order valence-electron chi connectivity index (χ0n) is 15.0. The molecule has 2 rings (SSSR count). The van der Waals surface area contributed by atoms with Gasteiger partial charge in [-0.1, -0.05) is 29.8 Å². The van der Waals surface area contributed by atoms with Gasteiger partial charge in [-0.05, 0) is 39.3 Å². The van der Waals surface area contributed by atoms with Gasteiger partial charge in [0.25, 0.3) is 0 Å². The number of amides is 1. The minimum atomic E-state index is 0. The van der Waals surface area contributed by atoms with Crippen molar-refractivity contribution < 1.29 is 4.79 Å². The van der Waals surface area contributed by atoms with Gasteiger partial charge < -0.3 is 10.2 Å². The molecule has 4 nitrogen and oxygen atoms in total. The Kier molecular flexibility index (Phi) is 8.51. The van der Waals surface area contributed by atoms with Crippen molar-refractivity contribution in [2.45, 2.75) is 45.8 Å². The summed E-state index contributed by atoms with van der Waals surface area (Å²) in [4.78, 5) is 17.0. The summed E-state index contributed by atoms with van der Waals surface area (Å²) in [7, 11) is 0. The molecule has 1 amide bonds. The lowest BCUT2D eigenvalue weighted by Crippen LogP contribution is -2.52. The summed E-state index contributed by atoms with van der Waals surface area (Å²) in [5.41, 5.74) is 1.09. The van der Waals surface area contributed by atoms with Crippen LogP contribution in [0, 0.1) is 0 Å². The fourth-order valence-corrected chi connectivity index (χ4v) is 3.68. The number of piperazine rings is 1. The van der Waals surface area contributed by atoms with Crippen LogP contribution in [0.4, 0.5) is 0 Å². The molecule has 1 unspecified atom stereocenters. The van der Waals surface area contributed by atoms with E-state index in [0.29, 0.717) is 6.54 Å². The third-order valence-corrected chi connectivity index (χ3v) is 4.70. The van der Waals surface area contributed by atoms with E-state index in [9.17, 15) is 4.79 Å². The molecule has 0 spiro atoms. The number of hydrogen-bond acceptors (Lipinski definition) is 3. The highest BCUT2D eigenvalue weighted by molar-refractivity contribution is 6.31. The van der Waals surface area contributed by atoms with Gasteiger partial charge in [-0.25, -0.2) is 0 Å². The van der Waals surface area contributed by atoms with Gasteiger partial charge in [0, 0.05) is 42.8 Å². The van der Waals surface area contributed by atoms with Crippen LogP contribution in [-0.4, -0.2) is 54.0 Å². The van der Waals surface area contributed by atoms with Gasteiger partial charge in [0.1, 0.15) is 0 Å². The first kappa shape index (κ1) is 21.2. The van der Waals surface area contributed by atoms with E-state index in [-0.39, 0.29) is 36.4 Å². The van der Waals surface area contributed by atoms with E-state index in [1.165, 1.54) is 0 Å². The van der Waals surface area contributed by atoms with E-state index in [4.69, 9.17) is 11.6 Å². The second kappa shape index (κ2) is 9.62. The van der Waals surface area contributed by atoms with E-state index in [0.717, 1.165) is 30.2 Å². The molecule has 1 aliphatic rings. The molecule has 6 heteroatoms. The van der Waals surface area contributed by atoms with E-state index in [1.54, 1.807) is 0 Å². The van der Waals surface area contributed by atoms with Crippen molar-refractivity contribution in [3.05, 3.63) is 34.9 Å². The molecule has 1 N–H and O–H groups in total. The maximum Gasteiger partial charge on any atom is 0.237 e. The third kappa shape index (κ3) is 5.09. The maximum atomic E-state index is 12.8. The number of nitrogens with zero attached hydrogens (tertiary/aromatic N) is 2. The van der Waals surface area contributed by atoms with Gasteiger partial charge in [-0.2, -0.15) is 0 Å². The molecule has 0 aromatic heterocycles. The van der Waals surface area contributed by atoms with Gasteiger partial charge in [-0.3, -0.25) is 9.69 Å². The van der Waals surface area contributed by atoms with Crippen LogP contribution in [0.1, 0.15) is 39.3 Å². The number of nitrogens with one attached hydrogen (secondary N) is 1. The van der Waals surface area contributed by atoms with Gasteiger partial charge in [0.2, 0.25) is 5.91 Å². The normalized spacial score (nSPS) is 18.5. The van der Waals surface area contributed by atoms with E-state index < -0.39 is 0 Å². The fourth-order valence-electron chi connectivity index (χ4n) is 3.42. The summed E-state index contributed by atoms with van der Waals surface area (Å²) in [5, 5.41) is 4.18. The van der Waals surface area contributed by atoms with E-state index >= 15 is 0 Å². The molecular formula is C18H29Cl2N3O. The first-order chi connectivity index (χ1) is 10.9. The van der Waals surface area contributed by atoms with Gasteiger partial charge in [0.15, 0.2) is 0 Å². The molecule has 1 saturated heterocycles. The monoisotopic (exact) mass is 373 g/mol. The van der Waals surface area contributed by atoms with Crippen LogP contribution in [-0.2, 0) is 4.79 Å². The average molecular weight is 374 g/mol. The molecule has 24 heavy (non-hydrogen) atoms. The highest BCUT2D eigenvalue weighted by Crippen LogP contribution is 2.28. The minimum Gasteiger partial charge on any atom is -0.337 e. The van der Waals surface area contributed by atoms with Gasteiger partial charge in [0.05, 0.1) is 6.54 Å². The lowest BCUT2D eigenvalue weighted by atomic mass is 10.0. The number of carbonyl (C=O) groups is 1. The molecule has 1 aliphatic heterocycles. The predicted octanol–water partition coefficient (Wildman–Crippen LogP) is 3.35. The molecule has 1 aromatic rings. The van der Waals surface area contributed by atoms with Crippen LogP contribution in [0.15, 0.2) is 24.3 Å².